The number of likely N-dealkylation sites (N-methyl/N-ethyl adjacent to an activating group) is 2. The molecule has 0 aromatic rings. The maximum atomic E-state index is 12.3. The molecular formula is C12H22N2O3. The summed E-state index contributed by atoms with van der Waals surface area (Å²) in [6, 6.07) is -0.0409. The number of amides is 1. The summed E-state index contributed by atoms with van der Waals surface area (Å²) in [6.07, 6.45) is 1.39. The van der Waals surface area contributed by atoms with Gasteiger partial charge in [0.05, 0.1) is 6.04 Å². The first-order chi connectivity index (χ1) is 7.97. The number of carbonyl (C=O) groups is 2. The van der Waals surface area contributed by atoms with Crippen molar-refractivity contribution in [2.24, 2.45) is 0 Å². The molecular weight excluding hydrogens is 220 g/mol. The molecule has 0 radical (unpaired) electrons. The first-order valence-electron chi connectivity index (χ1n) is 6.19. The van der Waals surface area contributed by atoms with Gasteiger partial charge in [0.25, 0.3) is 0 Å². The van der Waals surface area contributed by atoms with Crippen molar-refractivity contribution in [3.8, 4) is 0 Å². The Morgan fingerprint density at radius 2 is 2.18 bits per heavy atom. The zero-order chi connectivity index (χ0) is 13.0. The van der Waals surface area contributed by atoms with E-state index in [0.717, 1.165) is 13.0 Å². The number of carbonyl (C=O) groups excluding carboxylic acids is 1. The zero-order valence-corrected chi connectivity index (χ0v) is 10.8. The average Bonchev–Trinajstić information content (AvgIpc) is 2.35. The van der Waals surface area contributed by atoms with E-state index >= 15 is 0 Å². The van der Waals surface area contributed by atoms with Gasteiger partial charge in [-0.25, -0.2) is 0 Å². The van der Waals surface area contributed by atoms with Crippen molar-refractivity contribution in [2.45, 2.75) is 45.2 Å². The van der Waals surface area contributed by atoms with Crippen molar-refractivity contribution in [3.05, 3.63) is 0 Å². The molecule has 0 aromatic carbocycles. The van der Waals surface area contributed by atoms with E-state index in [1.54, 1.807) is 0 Å². The highest BCUT2D eigenvalue weighted by Gasteiger charge is 2.33. The van der Waals surface area contributed by atoms with Crippen LogP contribution in [0.2, 0.25) is 0 Å². The Labute approximate surface area is 102 Å². The van der Waals surface area contributed by atoms with E-state index in [-0.39, 0.29) is 24.4 Å². The maximum Gasteiger partial charge on any atom is 0.303 e. The summed E-state index contributed by atoms with van der Waals surface area (Å²) in [5, 5.41) is 8.72. The van der Waals surface area contributed by atoms with E-state index < -0.39 is 5.97 Å². The summed E-state index contributed by atoms with van der Waals surface area (Å²) in [7, 11) is 1.90. The van der Waals surface area contributed by atoms with Gasteiger partial charge in [-0.2, -0.15) is 0 Å². The van der Waals surface area contributed by atoms with Gasteiger partial charge in [0.15, 0.2) is 0 Å². The second-order valence-electron chi connectivity index (χ2n) is 4.69. The fourth-order valence-corrected chi connectivity index (χ4v) is 2.37. The van der Waals surface area contributed by atoms with E-state index in [1.165, 1.54) is 0 Å². The molecule has 1 fully saturated rings. The normalized spacial score (nSPS) is 27.0. The van der Waals surface area contributed by atoms with Crippen molar-refractivity contribution in [2.75, 3.05) is 20.1 Å². The number of hydrogen-bond donors (Lipinski definition) is 1. The summed E-state index contributed by atoms with van der Waals surface area (Å²) in [4.78, 5) is 26.8. The number of nitrogens with zero attached hydrogens (tertiary/aromatic N) is 2. The molecule has 0 aliphatic carbocycles. The van der Waals surface area contributed by atoms with E-state index in [2.05, 4.69) is 6.92 Å². The minimum absolute atomic E-state index is 0.0483. The number of hydrogen-bond acceptors (Lipinski definition) is 3. The van der Waals surface area contributed by atoms with Crippen LogP contribution in [0.15, 0.2) is 0 Å². The first kappa shape index (κ1) is 14.0. The van der Waals surface area contributed by atoms with Crippen LogP contribution in [0.1, 0.15) is 33.1 Å². The van der Waals surface area contributed by atoms with E-state index in [1.807, 2.05) is 23.8 Å². The highest BCUT2D eigenvalue weighted by atomic mass is 16.4. The third-order valence-electron chi connectivity index (χ3n) is 3.50. The highest BCUT2D eigenvalue weighted by Crippen LogP contribution is 2.18. The van der Waals surface area contributed by atoms with Crippen molar-refractivity contribution in [1.29, 1.82) is 0 Å². The Balaban J connectivity index is 2.76. The molecule has 1 rings (SSSR count). The predicted molar refractivity (Wildman–Crippen MR) is 64.8 cm³/mol. The molecule has 98 valence electrons. The van der Waals surface area contributed by atoms with E-state index in [4.69, 9.17) is 5.11 Å². The molecule has 1 amide bonds. The second kappa shape index (κ2) is 6.00. The number of carboxylic acid groups (broad SMARTS) is 1. The monoisotopic (exact) mass is 242 g/mol. The van der Waals surface area contributed by atoms with Gasteiger partial charge in [-0.1, -0.05) is 0 Å². The fraction of sp³-hybridized carbons (Fsp3) is 0.833. The standard InChI is InChI=1S/C12H22N2O3/c1-4-14-9(2)7-8-13(3)10(12(14)17)5-6-11(15)16/h9-10H,4-8H2,1-3H3,(H,15,16). The summed E-state index contributed by atoms with van der Waals surface area (Å²) < 4.78 is 0. The van der Waals surface area contributed by atoms with Crippen LogP contribution in [-0.4, -0.2) is 59.0 Å². The number of aliphatic carboxylic acids is 1. The Morgan fingerprint density at radius 1 is 1.53 bits per heavy atom. The smallest absolute Gasteiger partial charge is 0.303 e. The second-order valence-corrected chi connectivity index (χ2v) is 4.69. The van der Waals surface area contributed by atoms with Crippen LogP contribution in [0, 0.1) is 0 Å². The SMILES string of the molecule is CCN1C(=O)C(CCC(=O)O)N(C)CCC1C. The third kappa shape index (κ3) is 3.43. The lowest BCUT2D eigenvalue weighted by molar-refractivity contribution is -0.139. The van der Waals surface area contributed by atoms with Crippen molar-refractivity contribution in [3.63, 3.8) is 0 Å². The predicted octanol–water partition coefficient (Wildman–Crippen LogP) is 0.792. The largest absolute Gasteiger partial charge is 0.481 e. The molecule has 0 spiro atoms. The molecule has 0 saturated carbocycles. The Kier molecular flexibility index (Phi) is 4.93. The summed E-state index contributed by atoms with van der Waals surface area (Å²) >= 11 is 0. The van der Waals surface area contributed by atoms with Gasteiger partial charge in [-0.05, 0) is 33.7 Å². The number of rotatable bonds is 4. The van der Waals surface area contributed by atoms with Gasteiger partial charge in [0.2, 0.25) is 5.91 Å². The first-order valence-corrected chi connectivity index (χ1v) is 6.19. The van der Waals surface area contributed by atoms with Gasteiger partial charge in [-0.3, -0.25) is 14.5 Å². The van der Waals surface area contributed by atoms with Gasteiger partial charge in [-0.15, -0.1) is 0 Å². The van der Waals surface area contributed by atoms with E-state index in [9.17, 15) is 9.59 Å². The summed E-state index contributed by atoms with van der Waals surface area (Å²) in [6.45, 7) is 5.55. The van der Waals surface area contributed by atoms with Gasteiger partial charge in [0.1, 0.15) is 0 Å². The van der Waals surface area contributed by atoms with Crippen LogP contribution in [0.4, 0.5) is 0 Å². The highest BCUT2D eigenvalue weighted by molar-refractivity contribution is 5.83. The number of carboxylic acids is 1. The van der Waals surface area contributed by atoms with Crippen LogP contribution < -0.4 is 0 Å². The lowest BCUT2D eigenvalue weighted by atomic mass is 10.1. The van der Waals surface area contributed by atoms with Crippen molar-refractivity contribution >= 4 is 11.9 Å². The minimum Gasteiger partial charge on any atom is -0.481 e. The molecule has 1 aliphatic heterocycles. The quantitative estimate of drug-likeness (QED) is 0.792. The molecule has 5 nitrogen and oxygen atoms in total. The van der Waals surface area contributed by atoms with Gasteiger partial charge < -0.3 is 10.0 Å². The molecule has 17 heavy (non-hydrogen) atoms. The van der Waals surface area contributed by atoms with Crippen LogP contribution >= 0.6 is 0 Å². The average molecular weight is 242 g/mol. The molecule has 0 bridgehead atoms. The topological polar surface area (TPSA) is 60.9 Å². The molecule has 0 aromatic heterocycles. The van der Waals surface area contributed by atoms with Crippen molar-refractivity contribution in [1.82, 2.24) is 9.80 Å². The lowest BCUT2D eigenvalue weighted by Crippen LogP contribution is -2.46. The maximum absolute atomic E-state index is 12.3. The van der Waals surface area contributed by atoms with Crippen LogP contribution in [0.3, 0.4) is 0 Å². The molecule has 1 N–H and O–H groups in total. The zero-order valence-electron chi connectivity index (χ0n) is 10.8. The van der Waals surface area contributed by atoms with Crippen molar-refractivity contribution < 1.29 is 14.7 Å². The molecule has 1 heterocycles. The van der Waals surface area contributed by atoms with Crippen LogP contribution in [0.25, 0.3) is 0 Å². The van der Waals surface area contributed by atoms with Crippen LogP contribution in [0.5, 0.6) is 0 Å². The summed E-state index contributed by atoms with van der Waals surface area (Å²) in [5.41, 5.74) is 0. The molecule has 2 atom stereocenters. The molecule has 1 aliphatic rings. The minimum atomic E-state index is -0.841. The van der Waals surface area contributed by atoms with E-state index in [0.29, 0.717) is 13.0 Å². The fourth-order valence-electron chi connectivity index (χ4n) is 2.37. The van der Waals surface area contributed by atoms with Crippen LogP contribution in [-0.2, 0) is 9.59 Å². The Hall–Kier alpha value is -1.10. The van der Waals surface area contributed by atoms with Gasteiger partial charge >= 0.3 is 5.97 Å². The lowest BCUT2D eigenvalue weighted by Gasteiger charge is -2.29. The molecule has 5 heteroatoms. The van der Waals surface area contributed by atoms with Gasteiger partial charge in [0, 0.05) is 25.6 Å². The third-order valence-corrected chi connectivity index (χ3v) is 3.50. The molecule has 1 saturated heterocycles. The Bertz CT molecular complexity index is 293. The molecule has 2 unspecified atom stereocenters. The summed E-state index contributed by atoms with van der Waals surface area (Å²) in [5.74, 6) is -0.771. The Morgan fingerprint density at radius 3 is 2.71 bits per heavy atom.